The lowest BCUT2D eigenvalue weighted by atomic mass is 10.1. The van der Waals surface area contributed by atoms with Crippen molar-refractivity contribution < 1.29 is 28.2 Å². The van der Waals surface area contributed by atoms with Crippen LogP contribution in [0.5, 0.6) is 11.5 Å². The SMILES string of the molecule is CCOC(=O)Cc1ccc(OC)cc1OCc1cc(I)c2oc(COC)cc2c1. The molecule has 0 N–H and O–H groups in total. The van der Waals surface area contributed by atoms with Gasteiger partial charge in [0.05, 0.1) is 23.7 Å². The largest absolute Gasteiger partial charge is 0.497 e. The van der Waals surface area contributed by atoms with Gasteiger partial charge in [0.15, 0.2) is 0 Å². The Morgan fingerprint density at radius 3 is 2.66 bits per heavy atom. The Kier molecular flexibility index (Phi) is 7.38. The lowest BCUT2D eigenvalue weighted by Gasteiger charge is -2.13. The van der Waals surface area contributed by atoms with Crippen LogP contribution in [0.2, 0.25) is 0 Å². The molecule has 0 spiro atoms. The smallest absolute Gasteiger partial charge is 0.310 e. The van der Waals surface area contributed by atoms with E-state index in [1.54, 1.807) is 33.3 Å². The summed E-state index contributed by atoms with van der Waals surface area (Å²) in [5, 5.41) is 1.000. The lowest BCUT2D eigenvalue weighted by molar-refractivity contribution is -0.142. The standard InChI is InChI=1S/C22H23IO6/c1-4-27-21(24)10-15-5-6-17(26-3)11-20(15)28-12-14-7-16-9-18(13-25-2)29-22(16)19(23)8-14/h5-9,11H,4,10,12-13H2,1-3H3. The van der Waals surface area contributed by atoms with Crippen molar-refractivity contribution >= 4 is 39.5 Å². The molecule has 0 radical (unpaired) electrons. The second-order valence-corrected chi connectivity index (χ2v) is 7.55. The molecule has 1 heterocycles. The number of halogens is 1. The number of fused-ring (bicyclic) bond motifs is 1. The van der Waals surface area contributed by atoms with Crippen molar-refractivity contribution in [2.75, 3.05) is 20.8 Å². The molecule has 0 aliphatic heterocycles. The normalized spacial score (nSPS) is 10.9. The van der Waals surface area contributed by atoms with Gasteiger partial charge >= 0.3 is 5.97 Å². The summed E-state index contributed by atoms with van der Waals surface area (Å²) in [5.74, 6) is 1.75. The minimum absolute atomic E-state index is 0.145. The zero-order chi connectivity index (χ0) is 20.8. The number of methoxy groups -OCH3 is 2. The van der Waals surface area contributed by atoms with Gasteiger partial charge in [-0.25, -0.2) is 0 Å². The number of hydrogen-bond acceptors (Lipinski definition) is 6. The number of carbonyl (C=O) groups is 1. The van der Waals surface area contributed by atoms with Crippen molar-refractivity contribution in [3.8, 4) is 11.5 Å². The van der Waals surface area contributed by atoms with E-state index in [9.17, 15) is 4.79 Å². The van der Waals surface area contributed by atoms with E-state index in [-0.39, 0.29) is 12.4 Å². The highest BCUT2D eigenvalue weighted by Crippen LogP contribution is 2.29. The molecule has 0 aliphatic carbocycles. The van der Waals surface area contributed by atoms with Crippen LogP contribution in [0.4, 0.5) is 0 Å². The number of esters is 1. The summed E-state index contributed by atoms with van der Waals surface area (Å²) >= 11 is 2.25. The average Bonchev–Trinajstić information content (AvgIpc) is 3.11. The Labute approximate surface area is 183 Å². The molecule has 0 aliphatic rings. The molecule has 7 heteroatoms. The monoisotopic (exact) mass is 510 g/mol. The first kappa shape index (κ1) is 21.4. The Morgan fingerprint density at radius 2 is 1.93 bits per heavy atom. The molecule has 6 nitrogen and oxygen atoms in total. The van der Waals surface area contributed by atoms with Crippen LogP contribution in [0, 0.1) is 3.57 Å². The molecule has 29 heavy (non-hydrogen) atoms. The van der Waals surface area contributed by atoms with Gasteiger partial charge in [0.1, 0.15) is 36.1 Å². The molecule has 1 aromatic heterocycles. The summed E-state index contributed by atoms with van der Waals surface area (Å²) in [6, 6.07) is 11.4. The Hall–Kier alpha value is -2.26. The molecule has 2 aromatic carbocycles. The number of rotatable bonds is 9. The molecule has 3 rings (SSSR count). The number of carbonyl (C=O) groups excluding carboxylic acids is 1. The quantitative estimate of drug-likeness (QED) is 0.302. The molecule has 154 valence electrons. The molecule has 0 amide bonds. The zero-order valence-corrected chi connectivity index (χ0v) is 18.8. The van der Waals surface area contributed by atoms with Crippen molar-refractivity contribution in [1.29, 1.82) is 0 Å². The van der Waals surface area contributed by atoms with Crippen molar-refractivity contribution in [3.05, 3.63) is 56.9 Å². The van der Waals surface area contributed by atoms with Gasteiger partial charge in [0.2, 0.25) is 0 Å². The predicted octanol–water partition coefficient (Wildman–Crippen LogP) is 4.88. The second kappa shape index (κ2) is 9.98. The van der Waals surface area contributed by atoms with Crippen LogP contribution in [0.1, 0.15) is 23.8 Å². The highest BCUT2D eigenvalue weighted by Gasteiger charge is 2.13. The van der Waals surface area contributed by atoms with E-state index in [1.807, 2.05) is 24.3 Å². The summed E-state index contributed by atoms with van der Waals surface area (Å²) in [6.45, 7) is 2.91. The van der Waals surface area contributed by atoms with Crippen LogP contribution in [0.3, 0.4) is 0 Å². The lowest BCUT2D eigenvalue weighted by Crippen LogP contribution is -2.09. The maximum atomic E-state index is 11.9. The number of ether oxygens (including phenoxy) is 4. The Bertz CT molecular complexity index is 994. The maximum absolute atomic E-state index is 11.9. The Balaban J connectivity index is 1.81. The van der Waals surface area contributed by atoms with E-state index in [2.05, 4.69) is 22.6 Å². The van der Waals surface area contributed by atoms with Gasteiger partial charge in [-0.15, -0.1) is 0 Å². The van der Waals surface area contributed by atoms with E-state index in [4.69, 9.17) is 23.4 Å². The van der Waals surface area contributed by atoms with Crippen LogP contribution in [0.15, 0.2) is 40.8 Å². The van der Waals surface area contributed by atoms with Gasteiger partial charge in [0.25, 0.3) is 0 Å². The molecular formula is C22H23IO6. The molecule has 0 saturated heterocycles. The number of benzene rings is 2. The van der Waals surface area contributed by atoms with Crippen molar-refractivity contribution in [2.45, 2.75) is 26.6 Å². The minimum Gasteiger partial charge on any atom is -0.497 e. The van der Waals surface area contributed by atoms with Crippen molar-refractivity contribution in [3.63, 3.8) is 0 Å². The van der Waals surface area contributed by atoms with Gasteiger partial charge in [0, 0.05) is 24.1 Å². The minimum atomic E-state index is -0.289. The number of hydrogen-bond donors (Lipinski definition) is 0. The highest BCUT2D eigenvalue weighted by atomic mass is 127. The predicted molar refractivity (Wildman–Crippen MR) is 117 cm³/mol. The van der Waals surface area contributed by atoms with Gasteiger partial charge < -0.3 is 23.4 Å². The third kappa shape index (κ3) is 5.42. The van der Waals surface area contributed by atoms with Crippen LogP contribution < -0.4 is 9.47 Å². The first-order valence-corrected chi connectivity index (χ1v) is 10.3. The highest BCUT2D eigenvalue weighted by molar-refractivity contribution is 14.1. The van der Waals surface area contributed by atoms with E-state index >= 15 is 0 Å². The first-order chi connectivity index (χ1) is 14.0. The zero-order valence-electron chi connectivity index (χ0n) is 16.6. The Morgan fingerprint density at radius 1 is 1.10 bits per heavy atom. The van der Waals surface area contributed by atoms with E-state index in [0.717, 1.165) is 31.4 Å². The van der Waals surface area contributed by atoms with Gasteiger partial charge in [-0.05, 0) is 59.3 Å². The summed E-state index contributed by atoms with van der Waals surface area (Å²) in [6.07, 6.45) is 0.145. The molecule has 0 fully saturated rings. The van der Waals surface area contributed by atoms with Gasteiger partial charge in [-0.1, -0.05) is 6.07 Å². The fourth-order valence-corrected chi connectivity index (χ4v) is 3.81. The van der Waals surface area contributed by atoms with Gasteiger partial charge in [-0.2, -0.15) is 0 Å². The fraction of sp³-hybridized carbons (Fsp3) is 0.318. The summed E-state index contributed by atoms with van der Waals surface area (Å²) in [4.78, 5) is 11.9. The first-order valence-electron chi connectivity index (χ1n) is 9.19. The fourth-order valence-electron chi connectivity index (χ4n) is 2.99. The maximum Gasteiger partial charge on any atom is 0.310 e. The molecule has 0 atom stereocenters. The summed E-state index contributed by atoms with van der Waals surface area (Å²) in [7, 11) is 3.23. The van der Waals surface area contributed by atoms with Crippen molar-refractivity contribution in [1.82, 2.24) is 0 Å². The van der Waals surface area contributed by atoms with E-state index < -0.39 is 0 Å². The number of furan rings is 1. The van der Waals surface area contributed by atoms with Crippen LogP contribution in [0.25, 0.3) is 11.0 Å². The van der Waals surface area contributed by atoms with Crippen LogP contribution >= 0.6 is 22.6 Å². The summed E-state index contributed by atoms with van der Waals surface area (Å²) in [5.41, 5.74) is 2.59. The molecule has 0 unspecified atom stereocenters. The van der Waals surface area contributed by atoms with Crippen LogP contribution in [-0.4, -0.2) is 26.8 Å². The molecular weight excluding hydrogens is 487 g/mol. The molecule has 0 saturated carbocycles. The second-order valence-electron chi connectivity index (χ2n) is 6.39. The van der Waals surface area contributed by atoms with E-state index in [1.165, 1.54) is 0 Å². The molecule has 3 aromatic rings. The van der Waals surface area contributed by atoms with E-state index in [0.29, 0.717) is 31.3 Å². The topological polar surface area (TPSA) is 67.1 Å². The molecule has 0 bridgehead atoms. The average molecular weight is 510 g/mol. The van der Waals surface area contributed by atoms with Gasteiger partial charge in [-0.3, -0.25) is 4.79 Å². The third-order valence-corrected chi connectivity index (χ3v) is 5.08. The van der Waals surface area contributed by atoms with Crippen LogP contribution in [-0.2, 0) is 33.9 Å². The third-order valence-electron chi connectivity index (χ3n) is 4.28. The summed E-state index contributed by atoms with van der Waals surface area (Å²) < 4.78 is 28.4. The van der Waals surface area contributed by atoms with Crippen molar-refractivity contribution in [2.24, 2.45) is 0 Å².